The van der Waals surface area contributed by atoms with Crippen LogP contribution >= 0.6 is 20.6 Å². The zero-order chi connectivity index (χ0) is 7.21. The van der Waals surface area contributed by atoms with Gasteiger partial charge < -0.3 is 14.7 Å². The summed E-state index contributed by atoms with van der Waals surface area (Å²) in [5.74, 6) is 0. The van der Waals surface area contributed by atoms with E-state index in [0.717, 1.165) is 0 Å². The summed E-state index contributed by atoms with van der Waals surface area (Å²) in [7, 11) is -4.64. The summed E-state index contributed by atoms with van der Waals surface area (Å²) in [6.45, 7) is 0. The van der Waals surface area contributed by atoms with Crippen LogP contribution in [0.15, 0.2) is 0 Å². The Labute approximate surface area is 113 Å². The van der Waals surface area contributed by atoms with Crippen LogP contribution in [0.2, 0.25) is 0 Å². The average Bonchev–Trinajstić information content (AvgIpc) is 1.27. The Hall–Kier alpha value is 3.43. The summed E-state index contributed by atoms with van der Waals surface area (Å²) in [6, 6.07) is 0. The number of rotatable bonds is 0. The van der Waals surface area contributed by atoms with Crippen LogP contribution in [0.1, 0.15) is 0 Å². The predicted molar refractivity (Wildman–Crippen MR) is 40.3 cm³/mol. The maximum atomic E-state index is 8.88. The molecule has 0 rings (SSSR count). The molecular weight excluding hydrogens is 294 g/mol. The summed E-state index contributed by atoms with van der Waals surface area (Å²) < 4.78 is 8.88. The van der Waals surface area contributed by atoms with Crippen LogP contribution < -0.4 is 0 Å². The first kappa shape index (κ1) is 18.3. The van der Waals surface area contributed by atoms with E-state index in [0.29, 0.717) is 0 Å². The second-order valence-corrected chi connectivity index (χ2v) is 5.29. The van der Waals surface area contributed by atoms with Crippen LogP contribution in [-0.2, 0) is 4.57 Å². The van der Waals surface area contributed by atoms with Gasteiger partial charge in [0.1, 0.15) is 0 Å². The summed E-state index contributed by atoms with van der Waals surface area (Å²) in [5, 5.41) is 0. The van der Waals surface area contributed by atoms with Crippen LogP contribution in [0.25, 0.3) is 0 Å². The van der Waals surface area contributed by atoms with Gasteiger partial charge in [-0.1, -0.05) is 0 Å². The first-order chi connectivity index (χ1) is 3.41. The van der Waals surface area contributed by atoms with E-state index in [-0.39, 0.29) is 45.5 Å². The Bertz CT molecular complexity index is 74.4. The van der Waals surface area contributed by atoms with Crippen LogP contribution in [0.4, 0.5) is 0 Å². The molecule has 0 aliphatic carbocycles. The van der Waals surface area contributed by atoms with Gasteiger partial charge in [0, 0.05) is 0 Å². The monoisotopic (exact) mass is 298 g/mol. The molecule has 0 atom stereocenters. The molecule has 0 spiro atoms. The standard InChI is InChI=1S/Ca.2ClH.H3O4P.Sr.2H/c;;;1-5(2,3)4;;;/h;2*1H;(H3,1,2,3,4);;;/q+2;;;;;;/p-2. The van der Waals surface area contributed by atoms with Gasteiger partial charge in [0.05, 0.1) is 0 Å². The van der Waals surface area contributed by atoms with Crippen molar-refractivity contribution in [1.82, 2.24) is 0 Å². The first-order valence-electron chi connectivity index (χ1n) is 1.32. The molecule has 52 valence electrons. The third-order valence-corrected chi connectivity index (χ3v) is 0. The van der Waals surface area contributed by atoms with Gasteiger partial charge in [0.15, 0.2) is 0 Å². The second kappa shape index (κ2) is 11.4. The van der Waals surface area contributed by atoms with Crippen molar-refractivity contribution in [2.24, 2.45) is 0 Å². The third-order valence-electron chi connectivity index (χ3n) is 0. The summed E-state index contributed by atoms with van der Waals surface area (Å²) in [5.41, 5.74) is 0. The third kappa shape index (κ3) is 86.4. The van der Waals surface area contributed by atoms with E-state index in [1.807, 2.05) is 0 Å². The van der Waals surface area contributed by atoms with Crippen molar-refractivity contribution < 1.29 is 19.2 Å². The zero-order valence-electron chi connectivity index (χ0n) is 3.66. The molecule has 0 aromatic heterocycles. The minimum atomic E-state index is -4.64. The molecule has 3 N–H and O–H groups in total. The number of hydrogen-bond acceptors (Lipinski definition) is 1. The van der Waals surface area contributed by atoms with Gasteiger partial charge in [-0.05, 0) is 0 Å². The Morgan fingerprint density at radius 2 is 1.22 bits per heavy atom. The van der Waals surface area contributed by atoms with Gasteiger partial charge >= 0.3 is 96.9 Å². The van der Waals surface area contributed by atoms with Crippen molar-refractivity contribution in [3.05, 3.63) is 0 Å². The summed E-state index contributed by atoms with van der Waals surface area (Å²) in [4.78, 5) is 21.6. The van der Waals surface area contributed by atoms with Crippen molar-refractivity contribution in [3.63, 3.8) is 0 Å². The van der Waals surface area contributed by atoms with E-state index in [9.17, 15) is 0 Å². The van der Waals surface area contributed by atoms with E-state index in [1.165, 1.54) is 0 Å². The average molecular weight is 299 g/mol. The molecule has 0 amide bonds. The molecule has 0 aromatic carbocycles. The van der Waals surface area contributed by atoms with Gasteiger partial charge in [-0.3, -0.25) is 0 Å². The predicted octanol–water partition coefficient (Wildman–Crippen LogP) is -0.847. The van der Waals surface area contributed by atoms with Crippen LogP contribution in [0.3, 0.4) is 0 Å². The quantitative estimate of drug-likeness (QED) is 0.402. The minimum absolute atomic E-state index is 0. The fraction of sp³-hybridized carbons (Fsp3) is 0. The molecule has 9 heavy (non-hydrogen) atoms. The molecule has 0 saturated carbocycles. The van der Waals surface area contributed by atoms with Crippen molar-refractivity contribution in [3.8, 4) is 0 Å². The molecule has 0 saturated heterocycles. The zero-order valence-corrected chi connectivity index (χ0v) is 8.27. The van der Waals surface area contributed by atoms with E-state index in [2.05, 4.69) is 0 Å². The molecule has 0 radical (unpaired) electrons. The van der Waals surface area contributed by atoms with Gasteiger partial charge in [0.25, 0.3) is 0 Å². The molecule has 0 heterocycles. The van der Waals surface area contributed by atoms with Gasteiger partial charge in [0.2, 0.25) is 0 Å². The molecule has 0 bridgehead atoms. The molecule has 4 nitrogen and oxygen atoms in total. The van der Waals surface area contributed by atoms with Crippen LogP contribution in [0, 0.1) is 0 Å². The fourth-order valence-corrected chi connectivity index (χ4v) is 0. The van der Waals surface area contributed by atoms with Crippen molar-refractivity contribution >= 4 is 96.9 Å². The number of hydrogen-bond donors (Lipinski definition) is 3. The van der Waals surface area contributed by atoms with Gasteiger partial charge in [-0.2, -0.15) is 0 Å². The molecule has 9 heteroatoms. The van der Waals surface area contributed by atoms with Crippen molar-refractivity contribution in [2.45, 2.75) is 0 Å². The summed E-state index contributed by atoms with van der Waals surface area (Å²) >= 11 is -0.931. The SMILES string of the molecule is O=P(O)(O)O.[Cl][Ca][Cl].[SrH2]. The Morgan fingerprint density at radius 3 is 1.22 bits per heavy atom. The van der Waals surface area contributed by atoms with Crippen molar-refractivity contribution in [1.29, 1.82) is 0 Å². The number of phosphoric acid groups is 1. The molecule has 0 fully saturated rings. The Morgan fingerprint density at radius 1 is 1.22 bits per heavy atom. The van der Waals surface area contributed by atoms with E-state index in [1.54, 1.807) is 0 Å². The van der Waals surface area contributed by atoms with Gasteiger partial charge in [-0.15, -0.1) is 0 Å². The van der Waals surface area contributed by atoms with Gasteiger partial charge in [-0.25, -0.2) is 4.57 Å². The van der Waals surface area contributed by atoms with Crippen LogP contribution in [-0.4, -0.2) is 91.0 Å². The molecular formula is H5CaCl2O4PSr. The van der Waals surface area contributed by atoms with E-state index >= 15 is 0 Å². The van der Waals surface area contributed by atoms with Crippen LogP contribution in [0.5, 0.6) is 0 Å². The molecule has 0 aliphatic rings. The summed E-state index contributed by atoms with van der Waals surface area (Å²) in [6.07, 6.45) is 9.90. The fourth-order valence-electron chi connectivity index (χ4n) is 0. The normalized spacial score (nSPS) is 7.67. The second-order valence-electron chi connectivity index (χ2n) is 0.614. The first-order valence-corrected chi connectivity index (χ1v) is 8.96. The number of halogens is 2. The maximum absolute atomic E-state index is 8.88. The molecule has 0 aliphatic heterocycles. The topological polar surface area (TPSA) is 77.8 Å². The Kier molecular flexibility index (Phi) is 23.2. The van der Waals surface area contributed by atoms with Crippen molar-refractivity contribution in [2.75, 3.05) is 0 Å². The van der Waals surface area contributed by atoms with E-state index in [4.69, 9.17) is 32.0 Å². The van der Waals surface area contributed by atoms with E-state index < -0.39 is 38.7 Å². The Balaban J connectivity index is -0.0000000800. The molecule has 0 aromatic rings. The molecule has 0 unspecified atom stereocenters.